The smallest absolute Gasteiger partial charge is 0.240 e. The molecule has 2 aromatic carbocycles. The summed E-state index contributed by atoms with van der Waals surface area (Å²) in [4.78, 5) is 43.5. The molecule has 9 heteroatoms. The minimum Gasteiger partial charge on any atom is -0.454 e. The van der Waals surface area contributed by atoms with Crippen LogP contribution in [-0.2, 0) is 20.8 Å². The van der Waals surface area contributed by atoms with E-state index in [1.165, 1.54) is 4.90 Å². The van der Waals surface area contributed by atoms with Gasteiger partial charge in [0.05, 0.1) is 0 Å². The van der Waals surface area contributed by atoms with Crippen LogP contribution in [0.5, 0.6) is 11.5 Å². The van der Waals surface area contributed by atoms with E-state index in [-0.39, 0.29) is 43.9 Å². The van der Waals surface area contributed by atoms with Crippen LogP contribution in [0.4, 0.5) is 11.5 Å². The van der Waals surface area contributed by atoms with Gasteiger partial charge in [-0.05, 0) is 36.2 Å². The molecule has 1 aliphatic heterocycles. The van der Waals surface area contributed by atoms with Crippen LogP contribution in [0.2, 0.25) is 0 Å². The zero-order chi connectivity index (χ0) is 24.5. The van der Waals surface area contributed by atoms with Crippen molar-refractivity contribution in [3.63, 3.8) is 0 Å². The van der Waals surface area contributed by atoms with Crippen molar-refractivity contribution in [3.05, 3.63) is 78.5 Å². The van der Waals surface area contributed by atoms with Crippen molar-refractivity contribution in [3.8, 4) is 11.5 Å². The molecule has 4 rings (SSSR count). The summed E-state index contributed by atoms with van der Waals surface area (Å²) in [6.45, 7) is 0.355. The highest BCUT2D eigenvalue weighted by Gasteiger charge is 2.23. The van der Waals surface area contributed by atoms with Crippen molar-refractivity contribution in [1.29, 1.82) is 0 Å². The number of nitrogens with one attached hydrogen (secondary N) is 2. The number of benzene rings is 2. The van der Waals surface area contributed by atoms with E-state index in [1.807, 2.05) is 30.3 Å². The van der Waals surface area contributed by atoms with Crippen molar-refractivity contribution in [1.82, 2.24) is 10.3 Å². The molecule has 1 aromatic heterocycles. The van der Waals surface area contributed by atoms with E-state index in [2.05, 4.69) is 15.6 Å². The summed E-state index contributed by atoms with van der Waals surface area (Å²) in [5.74, 6) is 0.481. The molecule has 1 aliphatic rings. The Kier molecular flexibility index (Phi) is 7.90. The highest BCUT2D eigenvalue weighted by atomic mass is 16.7. The third-order valence-corrected chi connectivity index (χ3v) is 5.35. The fraction of sp³-hybridized carbons (Fsp3) is 0.231. The number of anilines is 2. The Morgan fingerprint density at radius 2 is 1.69 bits per heavy atom. The molecule has 35 heavy (non-hydrogen) atoms. The van der Waals surface area contributed by atoms with Crippen LogP contribution in [-0.4, -0.2) is 42.6 Å². The first-order valence-corrected chi connectivity index (χ1v) is 11.3. The SMILES string of the molecule is O=C(CN(C(=O)CCC(=O)Nc1ccccn1)c1ccc2c(c1)OCO2)NCCc1ccccc1. The van der Waals surface area contributed by atoms with E-state index < -0.39 is 0 Å². The van der Waals surface area contributed by atoms with Gasteiger partial charge in [-0.25, -0.2) is 4.98 Å². The molecule has 0 unspecified atom stereocenters. The molecule has 0 radical (unpaired) electrons. The summed E-state index contributed by atoms with van der Waals surface area (Å²) in [6, 6.07) is 20.0. The Hall–Kier alpha value is -4.40. The Morgan fingerprint density at radius 1 is 0.886 bits per heavy atom. The highest BCUT2D eigenvalue weighted by molar-refractivity contribution is 6.01. The second-order valence-corrected chi connectivity index (χ2v) is 7.87. The number of carbonyl (C=O) groups is 3. The number of amides is 3. The van der Waals surface area contributed by atoms with E-state index in [0.29, 0.717) is 36.0 Å². The number of pyridine rings is 1. The summed E-state index contributed by atoms with van der Waals surface area (Å²) >= 11 is 0. The maximum atomic E-state index is 13.1. The fourth-order valence-corrected chi connectivity index (χ4v) is 3.56. The first-order chi connectivity index (χ1) is 17.1. The second-order valence-electron chi connectivity index (χ2n) is 7.87. The molecule has 0 atom stereocenters. The average molecular weight is 475 g/mol. The first-order valence-electron chi connectivity index (χ1n) is 11.3. The van der Waals surface area contributed by atoms with Crippen LogP contribution in [0.15, 0.2) is 72.9 Å². The molecule has 9 nitrogen and oxygen atoms in total. The average Bonchev–Trinajstić information content (AvgIpc) is 3.35. The van der Waals surface area contributed by atoms with Gasteiger partial charge in [0.25, 0.3) is 0 Å². The Labute approximate surface area is 203 Å². The minimum atomic E-state index is -0.363. The van der Waals surface area contributed by atoms with Gasteiger partial charge in [0, 0.05) is 37.3 Å². The van der Waals surface area contributed by atoms with Gasteiger partial charge in [0.2, 0.25) is 24.5 Å². The monoisotopic (exact) mass is 474 g/mol. The lowest BCUT2D eigenvalue weighted by Crippen LogP contribution is -2.41. The zero-order valence-electron chi connectivity index (χ0n) is 19.1. The number of rotatable bonds is 10. The number of fused-ring (bicyclic) bond motifs is 1. The molecule has 0 bridgehead atoms. The van der Waals surface area contributed by atoms with Crippen molar-refractivity contribution >= 4 is 29.2 Å². The molecule has 3 amide bonds. The highest BCUT2D eigenvalue weighted by Crippen LogP contribution is 2.35. The summed E-state index contributed by atoms with van der Waals surface area (Å²) in [6.07, 6.45) is 2.12. The van der Waals surface area contributed by atoms with Gasteiger partial charge in [-0.3, -0.25) is 14.4 Å². The van der Waals surface area contributed by atoms with Crippen LogP contribution in [0.3, 0.4) is 0 Å². The molecule has 0 spiro atoms. The van der Waals surface area contributed by atoms with E-state index in [4.69, 9.17) is 9.47 Å². The Bertz CT molecular complexity index is 1170. The lowest BCUT2D eigenvalue weighted by atomic mass is 10.1. The van der Waals surface area contributed by atoms with Crippen molar-refractivity contribution in [2.75, 3.05) is 30.1 Å². The molecule has 0 saturated carbocycles. The van der Waals surface area contributed by atoms with Crippen LogP contribution < -0.4 is 25.0 Å². The summed E-state index contributed by atoms with van der Waals surface area (Å²) in [5.41, 5.74) is 1.60. The maximum Gasteiger partial charge on any atom is 0.240 e. The number of ether oxygens (including phenoxy) is 2. The summed E-state index contributed by atoms with van der Waals surface area (Å²) < 4.78 is 10.8. The molecule has 0 fully saturated rings. The molecule has 2 N–H and O–H groups in total. The van der Waals surface area contributed by atoms with Gasteiger partial charge in [0.15, 0.2) is 11.5 Å². The lowest BCUT2D eigenvalue weighted by molar-refractivity contribution is -0.125. The molecule has 0 aliphatic carbocycles. The van der Waals surface area contributed by atoms with Crippen molar-refractivity contribution in [2.45, 2.75) is 19.3 Å². The normalized spacial score (nSPS) is 11.5. The van der Waals surface area contributed by atoms with Gasteiger partial charge in [-0.2, -0.15) is 0 Å². The van der Waals surface area contributed by atoms with Crippen molar-refractivity contribution < 1.29 is 23.9 Å². The molecular weight excluding hydrogens is 448 g/mol. The third kappa shape index (κ3) is 6.80. The van der Waals surface area contributed by atoms with Crippen LogP contribution in [0.25, 0.3) is 0 Å². The first kappa shape index (κ1) is 23.7. The molecular formula is C26H26N4O5. The van der Waals surface area contributed by atoms with Gasteiger partial charge in [-0.1, -0.05) is 36.4 Å². The predicted octanol–water partition coefficient (Wildman–Crippen LogP) is 2.92. The minimum absolute atomic E-state index is 0.0495. The van der Waals surface area contributed by atoms with Gasteiger partial charge < -0.3 is 25.0 Å². The molecule has 2 heterocycles. The standard InChI is InChI=1S/C26H26N4O5/c31-24(29-23-8-4-5-14-27-23)11-12-26(33)30(20-9-10-21-22(16-20)35-18-34-21)17-25(32)28-15-13-19-6-2-1-3-7-19/h1-10,14,16H,11-13,15,17-18H2,(H,28,32)(H,27,29,31). The third-order valence-electron chi connectivity index (χ3n) is 5.35. The van der Waals surface area contributed by atoms with Crippen LogP contribution in [0, 0.1) is 0 Å². The Morgan fingerprint density at radius 3 is 2.49 bits per heavy atom. The second kappa shape index (κ2) is 11.6. The quantitative estimate of drug-likeness (QED) is 0.468. The lowest BCUT2D eigenvalue weighted by Gasteiger charge is -2.23. The van der Waals surface area contributed by atoms with E-state index in [0.717, 1.165) is 5.56 Å². The van der Waals surface area contributed by atoms with Crippen LogP contribution in [0.1, 0.15) is 18.4 Å². The van der Waals surface area contributed by atoms with Gasteiger partial charge >= 0.3 is 0 Å². The predicted molar refractivity (Wildman–Crippen MR) is 130 cm³/mol. The molecule has 0 saturated heterocycles. The molecule has 3 aromatic rings. The number of carbonyl (C=O) groups excluding carboxylic acids is 3. The summed E-state index contributed by atoms with van der Waals surface area (Å²) in [5, 5.41) is 5.52. The van der Waals surface area contributed by atoms with Crippen molar-refractivity contribution in [2.24, 2.45) is 0 Å². The maximum absolute atomic E-state index is 13.1. The number of aromatic nitrogens is 1. The van der Waals surface area contributed by atoms with E-state index in [1.54, 1.807) is 42.6 Å². The summed E-state index contributed by atoms with van der Waals surface area (Å²) in [7, 11) is 0. The number of nitrogens with zero attached hydrogens (tertiary/aromatic N) is 2. The fourth-order valence-electron chi connectivity index (χ4n) is 3.56. The van der Waals surface area contributed by atoms with E-state index in [9.17, 15) is 14.4 Å². The van der Waals surface area contributed by atoms with Crippen LogP contribution >= 0.6 is 0 Å². The van der Waals surface area contributed by atoms with E-state index >= 15 is 0 Å². The zero-order valence-corrected chi connectivity index (χ0v) is 19.1. The molecule has 180 valence electrons. The largest absolute Gasteiger partial charge is 0.454 e. The number of hydrogen-bond acceptors (Lipinski definition) is 6. The van der Waals surface area contributed by atoms with Gasteiger partial charge in [-0.15, -0.1) is 0 Å². The van der Waals surface area contributed by atoms with Gasteiger partial charge in [0.1, 0.15) is 12.4 Å². The number of hydrogen-bond donors (Lipinski definition) is 2. The Balaban J connectivity index is 1.38. The topological polar surface area (TPSA) is 110 Å².